The van der Waals surface area contributed by atoms with Gasteiger partial charge in [0.25, 0.3) is 0 Å². The first-order valence-corrected chi connectivity index (χ1v) is 7.93. The average Bonchev–Trinajstić information content (AvgIpc) is 3.30. The van der Waals surface area contributed by atoms with Crippen molar-refractivity contribution >= 4 is 16.9 Å². The van der Waals surface area contributed by atoms with Gasteiger partial charge in [0, 0.05) is 19.6 Å². The molecule has 1 atom stereocenters. The third-order valence-electron chi connectivity index (χ3n) is 4.62. The molecule has 6 nitrogen and oxygen atoms in total. The van der Waals surface area contributed by atoms with Crippen LogP contribution in [0.4, 0.5) is 5.82 Å². The molecule has 1 N–H and O–H groups in total. The highest BCUT2D eigenvalue weighted by Gasteiger charge is 2.33. The van der Waals surface area contributed by atoms with Gasteiger partial charge >= 0.3 is 0 Å². The zero-order valence-electron chi connectivity index (χ0n) is 12.5. The summed E-state index contributed by atoms with van der Waals surface area (Å²) in [7, 11) is 1.94. The highest BCUT2D eigenvalue weighted by molar-refractivity contribution is 5.86. The topological polar surface area (TPSA) is 58.9 Å². The van der Waals surface area contributed by atoms with Crippen LogP contribution in [-0.4, -0.2) is 45.4 Å². The van der Waals surface area contributed by atoms with E-state index in [1.807, 2.05) is 17.9 Å². The second-order valence-electron chi connectivity index (χ2n) is 6.30. The van der Waals surface area contributed by atoms with Crippen molar-refractivity contribution in [1.29, 1.82) is 0 Å². The SMILES string of the molecule is Cn1ncc2c(N(CC3CCCNC3)C3CC3)ncnc21. The van der Waals surface area contributed by atoms with E-state index in [4.69, 9.17) is 0 Å². The first-order chi connectivity index (χ1) is 10.3. The summed E-state index contributed by atoms with van der Waals surface area (Å²) >= 11 is 0. The molecular formula is C15H22N6. The lowest BCUT2D eigenvalue weighted by atomic mass is 9.99. The molecule has 2 fully saturated rings. The molecule has 1 saturated heterocycles. The number of rotatable bonds is 4. The fraction of sp³-hybridized carbons (Fsp3) is 0.667. The van der Waals surface area contributed by atoms with E-state index in [1.54, 1.807) is 6.33 Å². The molecule has 2 aromatic rings. The summed E-state index contributed by atoms with van der Waals surface area (Å²) in [5.41, 5.74) is 0.924. The first kappa shape index (κ1) is 13.0. The molecular weight excluding hydrogens is 264 g/mol. The van der Waals surface area contributed by atoms with Crippen molar-refractivity contribution < 1.29 is 0 Å². The van der Waals surface area contributed by atoms with Crippen molar-refractivity contribution in [3.8, 4) is 0 Å². The van der Waals surface area contributed by atoms with Crippen molar-refractivity contribution in [1.82, 2.24) is 25.1 Å². The van der Waals surface area contributed by atoms with Crippen LogP contribution < -0.4 is 10.2 Å². The van der Waals surface area contributed by atoms with Crippen molar-refractivity contribution in [2.45, 2.75) is 31.7 Å². The fourth-order valence-electron chi connectivity index (χ4n) is 3.33. The second kappa shape index (κ2) is 5.26. The van der Waals surface area contributed by atoms with E-state index in [-0.39, 0.29) is 0 Å². The van der Waals surface area contributed by atoms with Gasteiger partial charge in [-0.05, 0) is 44.7 Å². The normalized spacial score (nSPS) is 22.6. The van der Waals surface area contributed by atoms with Crippen molar-refractivity contribution in [3.05, 3.63) is 12.5 Å². The number of nitrogens with zero attached hydrogens (tertiary/aromatic N) is 5. The molecule has 0 bridgehead atoms. The molecule has 3 heterocycles. The van der Waals surface area contributed by atoms with Crippen LogP contribution in [0, 0.1) is 5.92 Å². The molecule has 1 aliphatic carbocycles. The minimum atomic E-state index is 0.658. The predicted octanol–water partition coefficient (Wildman–Crippen LogP) is 1.33. The lowest BCUT2D eigenvalue weighted by molar-refractivity contribution is 0.375. The van der Waals surface area contributed by atoms with Gasteiger partial charge in [-0.1, -0.05) is 0 Å². The second-order valence-corrected chi connectivity index (χ2v) is 6.30. The molecule has 21 heavy (non-hydrogen) atoms. The van der Waals surface area contributed by atoms with Gasteiger partial charge in [-0.15, -0.1) is 0 Å². The molecule has 2 aliphatic rings. The van der Waals surface area contributed by atoms with E-state index in [0.29, 0.717) is 6.04 Å². The van der Waals surface area contributed by atoms with E-state index in [9.17, 15) is 0 Å². The Morgan fingerprint density at radius 3 is 3.00 bits per heavy atom. The average molecular weight is 286 g/mol. The predicted molar refractivity (Wildman–Crippen MR) is 82.3 cm³/mol. The molecule has 6 heteroatoms. The molecule has 112 valence electrons. The number of anilines is 1. The monoisotopic (exact) mass is 286 g/mol. The highest BCUT2D eigenvalue weighted by atomic mass is 15.3. The molecule has 0 aromatic carbocycles. The van der Waals surface area contributed by atoms with Crippen LogP contribution in [-0.2, 0) is 7.05 Å². The summed E-state index contributed by atoms with van der Waals surface area (Å²) in [4.78, 5) is 11.5. The van der Waals surface area contributed by atoms with Crippen LogP contribution in [0.2, 0.25) is 0 Å². The lowest BCUT2D eigenvalue weighted by Crippen LogP contribution is -2.39. The van der Waals surface area contributed by atoms with Gasteiger partial charge in [0.2, 0.25) is 0 Å². The van der Waals surface area contributed by atoms with Crippen molar-refractivity contribution in [2.75, 3.05) is 24.5 Å². The number of fused-ring (bicyclic) bond motifs is 1. The van der Waals surface area contributed by atoms with Gasteiger partial charge in [-0.3, -0.25) is 4.68 Å². The Morgan fingerprint density at radius 1 is 1.33 bits per heavy atom. The highest BCUT2D eigenvalue weighted by Crippen LogP contribution is 2.34. The molecule has 0 amide bonds. The Kier molecular flexibility index (Phi) is 3.25. The minimum Gasteiger partial charge on any atom is -0.353 e. The number of piperidine rings is 1. The summed E-state index contributed by atoms with van der Waals surface area (Å²) in [5.74, 6) is 1.79. The van der Waals surface area contributed by atoms with Crippen LogP contribution in [0.5, 0.6) is 0 Å². The van der Waals surface area contributed by atoms with Gasteiger partial charge in [-0.2, -0.15) is 5.10 Å². The van der Waals surface area contributed by atoms with Gasteiger partial charge in [0.1, 0.15) is 12.1 Å². The number of nitrogens with one attached hydrogen (secondary N) is 1. The molecule has 1 unspecified atom stereocenters. The number of hydrogen-bond acceptors (Lipinski definition) is 5. The Bertz CT molecular complexity index is 626. The lowest BCUT2D eigenvalue weighted by Gasteiger charge is -2.31. The number of hydrogen-bond donors (Lipinski definition) is 1. The van der Waals surface area contributed by atoms with Gasteiger partial charge in [0.05, 0.1) is 11.6 Å². The maximum absolute atomic E-state index is 4.59. The summed E-state index contributed by atoms with van der Waals surface area (Å²) in [5, 5.41) is 8.94. The van der Waals surface area contributed by atoms with E-state index >= 15 is 0 Å². The molecule has 2 aromatic heterocycles. The minimum absolute atomic E-state index is 0.658. The number of aryl methyl sites for hydroxylation is 1. The van der Waals surface area contributed by atoms with E-state index in [2.05, 4.69) is 25.3 Å². The molecule has 1 saturated carbocycles. The molecule has 0 radical (unpaired) electrons. The van der Waals surface area contributed by atoms with Gasteiger partial charge in [0.15, 0.2) is 5.65 Å². The Morgan fingerprint density at radius 2 is 2.24 bits per heavy atom. The Hall–Kier alpha value is -1.69. The van der Waals surface area contributed by atoms with Crippen LogP contribution in [0.25, 0.3) is 11.0 Å². The molecule has 0 spiro atoms. The zero-order chi connectivity index (χ0) is 14.2. The summed E-state index contributed by atoms with van der Waals surface area (Å²) in [6, 6.07) is 0.658. The third-order valence-corrected chi connectivity index (χ3v) is 4.62. The zero-order valence-corrected chi connectivity index (χ0v) is 12.5. The van der Waals surface area contributed by atoms with Crippen molar-refractivity contribution in [2.24, 2.45) is 13.0 Å². The van der Waals surface area contributed by atoms with Gasteiger partial charge in [-0.25, -0.2) is 9.97 Å². The van der Waals surface area contributed by atoms with E-state index in [1.165, 1.54) is 32.2 Å². The largest absolute Gasteiger partial charge is 0.353 e. The Balaban J connectivity index is 1.65. The standard InChI is InChI=1S/C15H22N6/c1-20-14-13(8-19-20)15(18-10-17-14)21(12-4-5-12)9-11-3-2-6-16-7-11/h8,10-12,16H,2-7,9H2,1H3. The summed E-state index contributed by atoms with van der Waals surface area (Å²) in [6.07, 6.45) is 8.75. The molecule has 4 rings (SSSR count). The maximum Gasteiger partial charge on any atom is 0.163 e. The summed E-state index contributed by atoms with van der Waals surface area (Å²) < 4.78 is 1.83. The van der Waals surface area contributed by atoms with Crippen LogP contribution in [0.3, 0.4) is 0 Å². The van der Waals surface area contributed by atoms with Crippen LogP contribution in [0.1, 0.15) is 25.7 Å². The van der Waals surface area contributed by atoms with Crippen molar-refractivity contribution in [3.63, 3.8) is 0 Å². The smallest absolute Gasteiger partial charge is 0.163 e. The van der Waals surface area contributed by atoms with E-state index < -0.39 is 0 Å². The summed E-state index contributed by atoms with van der Waals surface area (Å²) in [6.45, 7) is 3.39. The maximum atomic E-state index is 4.59. The van der Waals surface area contributed by atoms with Crippen LogP contribution >= 0.6 is 0 Å². The fourth-order valence-corrected chi connectivity index (χ4v) is 3.33. The number of aromatic nitrogens is 4. The Labute approximate surface area is 124 Å². The van der Waals surface area contributed by atoms with Crippen LogP contribution in [0.15, 0.2) is 12.5 Å². The quantitative estimate of drug-likeness (QED) is 0.919. The molecule has 1 aliphatic heterocycles. The third kappa shape index (κ3) is 2.48. The van der Waals surface area contributed by atoms with E-state index in [0.717, 1.165) is 35.9 Å². The van der Waals surface area contributed by atoms with Gasteiger partial charge < -0.3 is 10.2 Å². The first-order valence-electron chi connectivity index (χ1n) is 7.93.